The van der Waals surface area contributed by atoms with Gasteiger partial charge >= 0.3 is 0 Å². The SMILES string of the molecule is NCC1CCN(S(=O)(=O)c2ccc3c(c2)CCC3)CC1. The summed E-state index contributed by atoms with van der Waals surface area (Å²) < 4.78 is 27.0. The Hall–Kier alpha value is -0.910. The van der Waals surface area contributed by atoms with Gasteiger partial charge in [0.2, 0.25) is 10.0 Å². The fourth-order valence-electron chi connectivity index (χ4n) is 3.24. The van der Waals surface area contributed by atoms with Crippen LogP contribution in [0.4, 0.5) is 0 Å². The molecule has 0 amide bonds. The van der Waals surface area contributed by atoms with Gasteiger partial charge in [-0.3, -0.25) is 0 Å². The second-order valence-corrected chi connectivity index (χ2v) is 7.81. The van der Waals surface area contributed by atoms with Gasteiger partial charge in [0.15, 0.2) is 0 Å². The van der Waals surface area contributed by atoms with Crippen molar-refractivity contribution in [2.24, 2.45) is 11.7 Å². The molecule has 20 heavy (non-hydrogen) atoms. The maximum absolute atomic E-state index is 12.7. The lowest BCUT2D eigenvalue weighted by Gasteiger charge is -2.30. The number of sulfonamides is 1. The topological polar surface area (TPSA) is 63.4 Å². The Morgan fingerprint density at radius 1 is 1.15 bits per heavy atom. The van der Waals surface area contributed by atoms with Gasteiger partial charge in [-0.05, 0) is 67.8 Å². The minimum absolute atomic E-state index is 0.462. The van der Waals surface area contributed by atoms with Crippen molar-refractivity contribution >= 4 is 10.0 Å². The molecule has 1 aliphatic heterocycles. The van der Waals surface area contributed by atoms with Crippen LogP contribution in [0.3, 0.4) is 0 Å². The fraction of sp³-hybridized carbons (Fsp3) is 0.600. The van der Waals surface area contributed by atoms with Crippen molar-refractivity contribution in [2.45, 2.75) is 37.0 Å². The van der Waals surface area contributed by atoms with E-state index >= 15 is 0 Å². The first-order valence-corrected chi connectivity index (χ1v) is 8.87. The number of benzene rings is 1. The quantitative estimate of drug-likeness (QED) is 0.919. The van der Waals surface area contributed by atoms with Gasteiger partial charge in [0.05, 0.1) is 4.90 Å². The van der Waals surface area contributed by atoms with Gasteiger partial charge in [-0.1, -0.05) is 6.07 Å². The van der Waals surface area contributed by atoms with Crippen molar-refractivity contribution in [3.05, 3.63) is 29.3 Å². The van der Waals surface area contributed by atoms with Crippen molar-refractivity contribution in [3.8, 4) is 0 Å². The van der Waals surface area contributed by atoms with Crippen molar-refractivity contribution in [3.63, 3.8) is 0 Å². The summed E-state index contributed by atoms with van der Waals surface area (Å²) in [5.41, 5.74) is 8.18. The monoisotopic (exact) mass is 294 g/mol. The molecule has 0 atom stereocenters. The second-order valence-electron chi connectivity index (χ2n) is 5.87. The Labute approximate surface area is 121 Å². The molecule has 2 aliphatic rings. The summed E-state index contributed by atoms with van der Waals surface area (Å²) in [5, 5.41) is 0. The van der Waals surface area contributed by atoms with Gasteiger partial charge < -0.3 is 5.73 Å². The highest BCUT2D eigenvalue weighted by Crippen LogP contribution is 2.28. The molecule has 3 rings (SSSR count). The van der Waals surface area contributed by atoms with E-state index in [2.05, 4.69) is 0 Å². The molecule has 0 unspecified atom stereocenters. The molecule has 1 aromatic rings. The Kier molecular flexibility index (Phi) is 3.84. The van der Waals surface area contributed by atoms with E-state index in [1.54, 1.807) is 10.4 Å². The van der Waals surface area contributed by atoms with Gasteiger partial charge in [0, 0.05) is 13.1 Å². The highest BCUT2D eigenvalue weighted by molar-refractivity contribution is 7.89. The molecular weight excluding hydrogens is 272 g/mol. The van der Waals surface area contributed by atoms with Crippen molar-refractivity contribution in [1.29, 1.82) is 0 Å². The third-order valence-corrected chi connectivity index (χ3v) is 6.51. The zero-order chi connectivity index (χ0) is 14.2. The number of aryl methyl sites for hydroxylation is 2. The Morgan fingerprint density at radius 2 is 1.85 bits per heavy atom. The molecule has 1 aliphatic carbocycles. The van der Waals surface area contributed by atoms with E-state index in [0.29, 0.717) is 30.4 Å². The average molecular weight is 294 g/mol. The molecule has 0 bridgehead atoms. The molecule has 2 N–H and O–H groups in total. The van der Waals surface area contributed by atoms with Crippen LogP contribution in [-0.2, 0) is 22.9 Å². The average Bonchev–Trinajstić information content (AvgIpc) is 2.94. The lowest BCUT2D eigenvalue weighted by Crippen LogP contribution is -2.40. The van der Waals surface area contributed by atoms with Gasteiger partial charge in [-0.2, -0.15) is 4.31 Å². The third kappa shape index (κ3) is 2.50. The number of hydrogen-bond donors (Lipinski definition) is 1. The molecule has 0 spiro atoms. The van der Waals surface area contributed by atoms with E-state index in [1.165, 1.54) is 11.1 Å². The van der Waals surface area contributed by atoms with E-state index in [4.69, 9.17) is 5.73 Å². The molecule has 5 heteroatoms. The first kappa shape index (κ1) is 14.0. The van der Waals surface area contributed by atoms with Crippen LogP contribution in [0.2, 0.25) is 0 Å². The summed E-state index contributed by atoms with van der Waals surface area (Å²) in [5.74, 6) is 0.474. The lowest BCUT2D eigenvalue weighted by atomic mass is 9.99. The zero-order valence-electron chi connectivity index (χ0n) is 11.7. The molecule has 0 aromatic heterocycles. The number of rotatable bonds is 3. The summed E-state index contributed by atoms with van der Waals surface area (Å²) in [7, 11) is -3.32. The van der Waals surface area contributed by atoms with E-state index < -0.39 is 10.0 Å². The Morgan fingerprint density at radius 3 is 2.55 bits per heavy atom. The number of piperidine rings is 1. The molecule has 1 heterocycles. The molecule has 0 radical (unpaired) electrons. The minimum atomic E-state index is -3.32. The highest BCUT2D eigenvalue weighted by atomic mass is 32.2. The van der Waals surface area contributed by atoms with Crippen LogP contribution < -0.4 is 5.73 Å². The fourth-order valence-corrected chi connectivity index (χ4v) is 4.76. The van der Waals surface area contributed by atoms with Gasteiger partial charge in [0.1, 0.15) is 0 Å². The Balaban J connectivity index is 1.82. The van der Waals surface area contributed by atoms with E-state index in [0.717, 1.165) is 32.1 Å². The van der Waals surface area contributed by atoms with Crippen molar-refractivity contribution in [1.82, 2.24) is 4.31 Å². The molecule has 110 valence electrons. The van der Waals surface area contributed by atoms with Crippen LogP contribution in [0.1, 0.15) is 30.4 Å². The van der Waals surface area contributed by atoms with Crippen molar-refractivity contribution in [2.75, 3.05) is 19.6 Å². The van der Waals surface area contributed by atoms with Crippen molar-refractivity contribution < 1.29 is 8.42 Å². The smallest absolute Gasteiger partial charge is 0.243 e. The van der Waals surface area contributed by atoms with E-state index in [1.807, 2.05) is 12.1 Å². The molecule has 0 saturated carbocycles. The van der Waals surface area contributed by atoms with Gasteiger partial charge in [-0.25, -0.2) is 8.42 Å². The number of nitrogens with two attached hydrogens (primary N) is 1. The summed E-state index contributed by atoms with van der Waals surface area (Å²) in [6, 6.07) is 5.64. The van der Waals surface area contributed by atoms with Crippen LogP contribution in [0, 0.1) is 5.92 Å². The molecule has 1 fully saturated rings. The summed E-state index contributed by atoms with van der Waals surface area (Å²) >= 11 is 0. The standard InChI is InChI=1S/C15H22N2O2S/c16-11-12-6-8-17(9-7-12)20(18,19)15-5-4-13-2-1-3-14(13)10-15/h4-5,10,12H,1-3,6-9,11,16H2. The Bertz CT molecular complexity index is 590. The lowest BCUT2D eigenvalue weighted by molar-refractivity contribution is 0.278. The first-order valence-electron chi connectivity index (χ1n) is 7.43. The van der Waals surface area contributed by atoms with E-state index in [-0.39, 0.29) is 0 Å². The number of hydrogen-bond acceptors (Lipinski definition) is 3. The predicted molar refractivity (Wildman–Crippen MR) is 79.0 cm³/mol. The summed E-state index contributed by atoms with van der Waals surface area (Å²) in [4.78, 5) is 0.462. The summed E-state index contributed by atoms with van der Waals surface area (Å²) in [6.45, 7) is 1.86. The van der Waals surface area contributed by atoms with Gasteiger partial charge in [-0.15, -0.1) is 0 Å². The molecule has 1 aromatic carbocycles. The molecular formula is C15H22N2O2S. The van der Waals surface area contributed by atoms with Gasteiger partial charge in [0.25, 0.3) is 0 Å². The largest absolute Gasteiger partial charge is 0.330 e. The number of fused-ring (bicyclic) bond motifs is 1. The van der Waals surface area contributed by atoms with Crippen LogP contribution in [-0.4, -0.2) is 32.4 Å². The highest BCUT2D eigenvalue weighted by Gasteiger charge is 2.29. The molecule has 1 saturated heterocycles. The summed E-state index contributed by atoms with van der Waals surface area (Å²) in [6.07, 6.45) is 4.98. The maximum Gasteiger partial charge on any atom is 0.243 e. The van der Waals surface area contributed by atoms with E-state index in [9.17, 15) is 8.42 Å². The minimum Gasteiger partial charge on any atom is -0.330 e. The normalized spacial score (nSPS) is 21.1. The van der Waals surface area contributed by atoms with Crippen LogP contribution in [0.5, 0.6) is 0 Å². The zero-order valence-corrected chi connectivity index (χ0v) is 12.5. The van der Waals surface area contributed by atoms with Crippen LogP contribution >= 0.6 is 0 Å². The predicted octanol–water partition coefficient (Wildman–Crippen LogP) is 1.53. The second kappa shape index (κ2) is 5.47. The van der Waals surface area contributed by atoms with Crippen LogP contribution in [0.25, 0.3) is 0 Å². The molecule has 4 nitrogen and oxygen atoms in total. The first-order chi connectivity index (χ1) is 9.61. The van der Waals surface area contributed by atoms with Crippen LogP contribution in [0.15, 0.2) is 23.1 Å². The maximum atomic E-state index is 12.7. The number of nitrogens with zero attached hydrogens (tertiary/aromatic N) is 1. The third-order valence-electron chi connectivity index (χ3n) is 4.61.